The van der Waals surface area contributed by atoms with Gasteiger partial charge in [-0.2, -0.15) is 5.10 Å². The number of ether oxygens (including phenoxy) is 1. The number of carbonyl (C=O) groups is 1. The second kappa shape index (κ2) is 5.42. The van der Waals surface area contributed by atoms with Crippen molar-refractivity contribution < 1.29 is 14.6 Å². The van der Waals surface area contributed by atoms with Crippen LogP contribution in [-0.4, -0.2) is 20.9 Å². The Balaban J connectivity index is 2.25. The van der Waals surface area contributed by atoms with Gasteiger partial charge in [0, 0.05) is 18.3 Å². The van der Waals surface area contributed by atoms with Crippen molar-refractivity contribution in [2.75, 3.05) is 5.73 Å². The number of halogens is 1. The molecule has 0 spiro atoms. The third-order valence-electron chi connectivity index (χ3n) is 2.88. The van der Waals surface area contributed by atoms with E-state index in [1.165, 1.54) is 16.8 Å². The minimum atomic E-state index is -1.10. The molecular weight excluding hydrogens is 282 g/mol. The molecule has 0 amide bonds. The van der Waals surface area contributed by atoms with Gasteiger partial charge < -0.3 is 15.6 Å². The molecule has 0 aliphatic rings. The summed E-state index contributed by atoms with van der Waals surface area (Å²) >= 11 is 6.09. The largest absolute Gasteiger partial charge is 0.488 e. The molecule has 106 valence electrons. The van der Waals surface area contributed by atoms with Crippen molar-refractivity contribution in [3.05, 3.63) is 40.2 Å². The van der Waals surface area contributed by atoms with Crippen LogP contribution in [0.5, 0.6) is 5.75 Å². The van der Waals surface area contributed by atoms with Crippen molar-refractivity contribution in [3.63, 3.8) is 0 Å². The van der Waals surface area contributed by atoms with Gasteiger partial charge in [-0.3, -0.25) is 4.68 Å². The van der Waals surface area contributed by atoms with Gasteiger partial charge in [-0.05, 0) is 25.1 Å². The van der Waals surface area contributed by atoms with Crippen molar-refractivity contribution in [1.29, 1.82) is 0 Å². The van der Waals surface area contributed by atoms with E-state index in [2.05, 4.69) is 5.10 Å². The summed E-state index contributed by atoms with van der Waals surface area (Å²) in [5.74, 6) is -0.854. The summed E-state index contributed by atoms with van der Waals surface area (Å²) in [7, 11) is 1.73. The van der Waals surface area contributed by atoms with Crippen LogP contribution in [0.15, 0.2) is 18.2 Å². The van der Waals surface area contributed by atoms with Crippen molar-refractivity contribution >= 4 is 23.3 Å². The van der Waals surface area contributed by atoms with Crippen LogP contribution in [0.25, 0.3) is 0 Å². The summed E-state index contributed by atoms with van der Waals surface area (Å²) in [6.45, 7) is 1.95. The van der Waals surface area contributed by atoms with Gasteiger partial charge >= 0.3 is 5.97 Å². The zero-order valence-corrected chi connectivity index (χ0v) is 11.8. The van der Waals surface area contributed by atoms with Crippen molar-refractivity contribution in [1.82, 2.24) is 9.78 Å². The number of aryl methyl sites for hydroxylation is 2. The molecule has 1 aromatic heterocycles. The van der Waals surface area contributed by atoms with Crippen LogP contribution >= 0.6 is 11.6 Å². The Hall–Kier alpha value is -2.21. The van der Waals surface area contributed by atoms with Gasteiger partial charge in [-0.25, -0.2) is 4.79 Å². The molecule has 0 aliphatic heterocycles. The summed E-state index contributed by atoms with van der Waals surface area (Å²) in [5.41, 5.74) is 7.42. The van der Waals surface area contributed by atoms with Gasteiger partial charge in [0.2, 0.25) is 0 Å². The molecule has 20 heavy (non-hydrogen) atoms. The van der Waals surface area contributed by atoms with Gasteiger partial charge in [0.1, 0.15) is 23.1 Å². The first-order valence-corrected chi connectivity index (χ1v) is 6.21. The predicted octanol–water partition coefficient (Wildman–Crippen LogP) is 2.24. The van der Waals surface area contributed by atoms with Crippen LogP contribution < -0.4 is 10.5 Å². The van der Waals surface area contributed by atoms with E-state index in [4.69, 9.17) is 27.2 Å². The zero-order valence-electron chi connectivity index (χ0n) is 11.1. The fourth-order valence-corrected chi connectivity index (χ4v) is 2.06. The lowest BCUT2D eigenvalue weighted by Crippen LogP contribution is -2.05. The highest BCUT2D eigenvalue weighted by atomic mass is 35.5. The van der Waals surface area contributed by atoms with Gasteiger partial charge in [-0.15, -0.1) is 0 Å². The van der Waals surface area contributed by atoms with Crippen LogP contribution in [0.3, 0.4) is 0 Å². The van der Waals surface area contributed by atoms with E-state index in [9.17, 15) is 4.79 Å². The predicted molar refractivity (Wildman–Crippen MR) is 75.1 cm³/mol. The molecule has 0 bridgehead atoms. The van der Waals surface area contributed by atoms with E-state index < -0.39 is 5.97 Å². The van der Waals surface area contributed by atoms with Crippen LogP contribution in [0, 0.1) is 6.92 Å². The topological polar surface area (TPSA) is 90.4 Å². The number of nitrogen functional groups attached to an aromatic ring is 1. The molecule has 7 heteroatoms. The number of aromatic nitrogens is 2. The standard InChI is InChI=1S/C13H14ClN3O3/c1-7-10(12(14)17(2)16-7)6-20-11-4-3-8(15)5-9(11)13(18)19/h3-5H,6,15H2,1-2H3,(H,18,19). The van der Waals surface area contributed by atoms with Crippen LogP contribution in [0.1, 0.15) is 21.6 Å². The molecule has 0 saturated heterocycles. The SMILES string of the molecule is Cc1nn(C)c(Cl)c1COc1ccc(N)cc1C(=O)O. The van der Waals surface area contributed by atoms with Gasteiger partial charge in [-0.1, -0.05) is 11.6 Å². The van der Waals surface area contributed by atoms with Crippen molar-refractivity contribution in [3.8, 4) is 5.75 Å². The number of aromatic carboxylic acids is 1. The fraction of sp³-hybridized carbons (Fsp3) is 0.231. The molecule has 6 nitrogen and oxygen atoms in total. The van der Waals surface area contributed by atoms with Crippen molar-refractivity contribution in [2.45, 2.75) is 13.5 Å². The maximum Gasteiger partial charge on any atom is 0.339 e. The Morgan fingerprint density at radius 3 is 2.80 bits per heavy atom. The summed E-state index contributed by atoms with van der Waals surface area (Å²) in [5, 5.41) is 13.8. The highest BCUT2D eigenvalue weighted by molar-refractivity contribution is 6.30. The Labute approximate surface area is 120 Å². The van der Waals surface area contributed by atoms with E-state index in [0.717, 1.165) is 11.3 Å². The molecule has 0 atom stereocenters. The first kappa shape index (κ1) is 14.2. The van der Waals surface area contributed by atoms with Crippen LogP contribution in [0.4, 0.5) is 5.69 Å². The summed E-state index contributed by atoms with van der Waals surface area (Å²) < 4.78 is 7.08. The fourth-order valence-electron chi connectivity index (χ4n) is 1.83. The lowest BCUT2D eigenvalue weighted by molar-refractivity contribution is 0.0692. The zero-order chi connectivity index (χ0) is 14.9. The van der Waals surface area contributed by atoms with Crippen LogP contribution in [0.2, 0.25) is 5.15 Å². The molecule has 0 saturated carbocycles. The van der Waals surface area contributed by atoms with E-state index in [1.807, 2.05) is 6.92 Å². The second-order valence-corrected chi connectivity index (χ2v) is 4.69. The van der Waals surface area contributed by atoms with Crippen LogP contribution in [-0.2, 0) is 13.7 Å². The van der Waals surface area contributed by atoms with Gasteiger partial charge in [0.25, 0.3) is 0 Å². The summed E-state index contributed by atoms with van der Waals surface area (Å²) in [6.07, 6.45) is 0. The Kier molecular flexibility index (Phi) is 3.85. The van der Waals surface area contributed by atoms with E-state index in [0.29, 0.717) is 10.8 Å². The maximum absolute atomic E-state index is 11.1. The Bertz CT molecular complexity index is 667. The van der Waals surface area contributed by atoms with E-state index in [1.54, 1.807) is 13.1 Å². The average molecular weight is 296 g/mol. The normalized spacial score (nSPS) is 10.6. The molecular formula is C13H14ClN3O3. The maximum atomic E-state index is 11.1. The molecule has 1 aromatic carbocycles. The molecule has 1 heterocycles. The number of hydrogen-bond acceptors (Lipinski definition) is 4. The number of rotatable bonds is 4. The average Bonchev–Trinajstić information content (AvgIpc) is 2.62. The lowest BCUT2D eigenvalue weighted by atomic mass is 10.2. The monoisotopic (exact) mass is 295 g/mol. The molecule has 0 unspecified atom stereocenters. The number of benzene rings is 1. The highest BCUT2D eigenvalue weighted by Gasteiger charge is 2.15. The molecule has 2 rings (SSSR count). The van der Waals surface area contributed by atoms with Gasteiger partial charge in [0.15, 0.2) is 0 Å². The number of nitrogens with zero attached hydrogens (tertiary/aromatic N) is 2. The quantitative estimate of drug-likeness (QED) is 0.844. The molecule has 0 radical (unpaired) electrons. The molecule has 2 aromatic rings. The Morgan fingerprint density at radius 1 is 1.55 bits per heavy atom. The minimum absolute atomic E-state index is 0.0164. The summed E-state index contributed by atoms with van der Waals surface area (Å²) in [4.78, 5) is 11.1. The molecule has 0 fully saturated rings. The highest BCUT2D eigenvalue weighted by Crippen LogP contribution is 2.25. The molecule has 3 N–H and O–H groups in total. The third-order valence-corrected chi connectivity index (χ3v) is 3.35. The first-order chi connectivity index (χ1) is 9.40. The van der Waals surface area contributed by atoms with E-state index >= 15 is 0 Å². The lowest BCUT2D eigenvalue weighted by Gasteiger charge is -2.09. The minimum Gasteiger partial charge on any atom is -0.488 e. The van der Waals surface area contributed by atoms with Gasteiger partial charge in [0.05, 0.1) is 5.69 Å². The second-order valence-electron chi connectivity index (χ2n) is 4.33. The number of hydrogen-bond donors (Lipinski definition) is 2. The summed E-state index contributed by atoms with van der Waals surface area (Å²) in [6, 6.07) is 4.47. The van der Waals surface area contributed by atoms with Crippen molar-refractivity contribution in [2.24, 2.45) is 7.05 Å². The third kappa shape index (κ3) is 2.70. The first-order valence-electron chi connectivity index (χ1n) is 5.83. The number of carboxylic acids is 1. The number of carboxylic acid groups (broad SMARTS) is 1. The Morgan fingerprint density at radius 2 is 2.25 bits per heavy atom. The smallest absolute Gasteiger partial charge is 0.339 e. The molecule has 0 aliphatic carbocycles. The van der Waals surface area contributed by atoms with E-state index in [-0.39, 0.29) is 17.9 Å². The number of anilines is 1. The number of nitrogens with two attached hydrogens (primary N) is 1.